The Morgan fingerprint density at radius 2 is 1.96 bits per heavy atom. The molecule has 8 heteroatoms. The Morgan fingerprint density at radius 1 is 1.29 bits per heavy atom. The summed E-state index contributed by atoms with van der Waals surface area (Å²) in [4.78, 5) is 38.5. The molecule has 0 aromatic heterocycles. The highest BCUT2D eigenvalue weighted by atomic mass is 16.6. The van der Waals surface area contributed by atoms with E-state index >= 15 is 0 Å². The van der Waals surface area contributed by atoms with E-state index in [1.165, 1.54) is 12.1 Å². The molecule has 0 aliphatic carbocycles. The third-order valence-electron chi connectivity index (χ3n) is 5.51. The molecule has 2 heterocycles. The summed E-state index contributed by atoms with van der Waals surface area (Å²) in [7, 11) is 0. The molecule has 4 rings (SSSR count). The van der Waals surface area contributed by atoms with Crippen molar-refractivity contribution < 1.29 is 24.4 Å². The molecule has 1 N–H and O–H groups in total. The molecule has 0 unspecified atom stereocenters. The normalized spacial score (nSPS) is 25.4. The molecule has 0 saturated carbocycles. The van der Waals surface area contributed by atoms with Gasteiger partial charge in [-0.2, -0.15) is 0 Å². The van der Waals surface area contributed by atoms with Crippen molar-refractivity contribution in [2.45, 2.75) is 31.0 Å². The number of rotatable bonds is 4. The zero-order valence-corrected chi connectivity index (χ0v) is 15.1. The van der Waals surface area contributed by atoms with Crippen LogP contribution in [0.1, 0.15) is 40.7 Å². The average Bonchev–Trinajstić information content (AvgIpc) is 3.14. The molecule has 2 aliphatic heterocycles. The van der Waals surface area contributed by atoms with Gasteiger partial charge in [-0.05, 0) is 13.0 Å². The lowest BCUT2D eigenvalue weighted by Crippen LogP contribution is -2.51. The van der Waals surface area contributed by atoms with Gasteiger partial charge in [0.1, 0.15) is 6.23 Å². The summed E-state index contributed by atoms with van der Waals surface area (Å²) in [6, 6.07) is 12.7. The van der Waals surface area contributed by atoms with Crippen molar-refractivity contribution in [2.75, 3.05) is 6.61 Å². The van der Waals surface area contributed by atoms with Crippen molar-refractivity contribution in [2.24, 2.45) is 0 Å². The third-order valence-corrected chi connectivity index (χ3v) is 5.51. The first kappa shape index (κ1) is 18.1. The molecular formula is C20H18N2O6. The Balaban J connectivity index is 2.02. The van der Waals surface area contributed by atoms with Gasteiger partial charge in [-0.1, -0.05) is 36.4 Å². The average molecular weight is 382 g/mol. The second-order valence-electron chi connectivity index (χ2n) is 6.79. The Bertz CT molecular complexity index is 990. The van der Waals surface area contributed by atoms with Crippen molar-refractivity contribution in [3.8, 4) is 0 Å². The Labute approximate surface area is 160 Å². The van der Waals surface area contributed by atoms with Gasteiger partial charge in [-0.15, -0.1) is 0 Å². The fourth-order valence-electron chi connectivity index (χ4n) is 4.53. The van der Waals surface area contributed by atoms with E-state index < -0.39 is 34.5 Å². The summed E-state index contributed by atoms with van der Waals surface area (Å²) in [6.07, 6.45) is -1.28. The lowest BCUT2D eigenvalue weighted by molar-refractivity contribution is -0.385. The Morgan fingerprint density at radius 3 is 2.68 bits per heavy atom. The highest BCUT2D eigenvalue weighted by molar-refractivity contribution is 6.07. The maximum atomic E-state index is 13.3. The number of carbonyl (C=O) groups is 2. The van der Waals surface area contributed by atoms with Crippen molar-refractivity contribution in [1.82, 2.24) is 4.90 Å². The number of esters is 1. The summed E-state index contributed by atoms with van der Waals surface area (Å²) in [5.74, 6) is -2.01. The van der Waals surface area contributed by atoms with Gasteiger partial charge in [0.25, 0.3) is 11.6 Å². The predicted octanol–water partition coefficient (Wildman–Crippen LogP) is 2.31. The van der Waals surface area contributed by atoms with Crippen LogP contribution in [0.2, 0.25) is 0 Å². The summed E-state index contributed by atoms with van der Waals surface area (Å²) in [5.41, 5.74) is -0.834. The van der Waals surface area contributed by atoms with E-state index in [2.05, 4.69) is 0 Å². The molecule has 3 atom stereocenters. The topological polar surface area (TPSA) is 110 Å². The van der Waals surface area contributed by atoms with E-state index in [9.17, 15) is 24.8 Å². The van der Waals surface area contributed by atoms with Gasteiger partial charge in [0.05, 0.1) is 11.5 Å². The fourth-order valence-corrected chi connectivity index (χ4v) is 4.53. The smallest absolute Gasteiger partial charge is 0.337 e. The van der Waals surface area contributed by atoms with Crippen LogP contribution >= 0.6 is 0 Å². The van der Waals surface area contributed by atoms with Crippen LogP contribution in [-0.4, -0.2) is 39.6 Å². The van der Waals surface area contributed by atoms with Crippen molar-refractivity contribution in [3.05, 3.63) is 75.3 Å². The molecule has 8 nitrogen and oxygen atoms in total. The minimum Gasteiger partial charge on any atom is -0.464 e. The summed E-state index contributed by atoms with van der Waals surface area (Å²) in [6.45, 7) is 1.72. The number of aliphatic hydroxyl groups is 1. The van der Waals surface area contributed by atoms with Gasteiger partial charge in [0.15, 0.2) is 5.54 Å². The molecule has 2 aromatic rings. The van der Waals surface area contributed by atoms with Crippen LogP contribution < -0.4 is 0 Å². The number of nitro benzene ring substituents is 1. The number of hydrogen-bond acceptors (Lipinski definition) is 6. The van der Waals surface area contributed by atoms with Gasteiger partial charge in [0, 0.05) is 35.1 Å². The molecule has 28 heavy (non-hydrogen) atoms. The molecule has 2 aromatic carbocycles. The zero-order chi connectivity index (χ0) is 20.1. The molecule has 0 spiro atoms. The van der Waals surface area contributed by atoms with Gasteiger partial charge in [0.2, 0.25) is 0 Å². The first-order chi connectivity index (χ1) is 13.4. The number of fused-ring (bicyclic) bond motifs is 3. The second kappa shape index (κ2) is 6.42. The van der Waals surface area contributed by atoms with E-state index in [1.54, 1.807) is 43.3 Å². The number of aliphatic hydroxyl groups excluding tert-OH is 1. The maximum absolute atomic E-state index is 13.3. The molecule has 144 valence electrons. The standard InChI is InChI=1S/C20H18N2O6/c1-2-28-19(25)20-14-9-5-3-8-13(14)18(24)21(20)17(23)11-15(20)12-7-4-6-10-16(12)22(26)27/h3-10,15,17,23H,2,11H2,1H3/t15-,17-,20-/m0/s1. The van der Waals surface area contributed by atoms with E-state index in [4.69, 9.17) is 4.74 Å². The van der Waals surface area contributed by atoms with E-state index in [-0.39, 0.29) is 29.8 Å². The lowest BCUT2D eigenvalue weighted by atomic mass is 9.75. The van der Waals surface area contributed by atoms with Crippen LogP contribution in [0, 0.1) is 10.1 Å². The summed E-state index contributed by atoms with van der Waals surface area (Å²) >= 11 is 0. The number of carbonyl (C=O) groups excluding carboxylic acids is 2. The number of nitrogens with zero attached hydrogens (tertiary/aromatic N) is 2. The number of ether oxygens (including phenoxy) is 1. The largest absolute Gasteiger partial charge is 0.464 e. The van der Waals surface area contributed by atoms with Crippen LogP contribution in [0.4, 0.5) is 5.69 Å². The Kier molecular flexibility index (Phi) is 4.15. The van der Waals surface area contributed by atoms with Gasteiger partial charge < -0.3 is 9.84 Å². The summed E-state index contributed by atoms with van der Waals surface area (Å²) in [5, 5.41) is 22.3. The SMILES string of the molecule is CCOC(=O)[C@@]12c3ccccc3C(=O)N1[C@@H](O)C[C@H]2c1ccccc1[N+](=O)[O-]. The highest BCUT2D eigenvalue weighted by Gasteiger charge is 2.67. The zero-order valence-electron chi connectivity index (χ0n) is 15.1. The number of amides is 1. The molecule has 0 radical (unpaired) electrons. The maximum Gasteiger partial charge on any atom is 0.337 e. The van der Waals surface area contributed by atoms with Gasteiger partial charge in [-0.25, -0.2) is 4.79 Å². The third kappa shape index (κ3) is 2.21. The van der Waals surface area contributed by atoms with Gasteiger partial charge >= 0.3 is 5.97 Å². The lowest BCUT2D eigenvalue weighted by Gasteiger charge is -2.35. The molecular weight excluding hydrogens is 364 g/mol. The minimum atomic E-state index is -1.64. The van der Waals surface area contributed by atoms with Crippen LogP contribution in [0.5, 0.6) is 0 Å². The van der Waals surface area contributed by atoms with Gasteiger partial charge in [-0.3, -0.25) is 19.8 Å². The summed E-state index contributed by atoms with van der Waals surface area (Å²) < 4.78 is 5.32. The number of hydrogen-bond donors (Lipinski definition) is 1. The first-order valence-corrected chi connectivity index (χ1v) is 8.96. The van der Waals surface area contributed by atoms with Crippen molar-refractivity contribution >= 4 is 17.6 Å². The fraction of sp³-hybridized carbons (Fsp3) is 0.300. The van der Waals surface area contributed by atoms with Crippen molar-refractivity contribution in [1.29, 1.82) is 0 Å². The monoisotopic (exact) mass is 382 g/mol. The van der Waals surface area contributed by atoms with Crippen molar-refractivity contribution in [3.63, 3.8) is 0 Å². The van der Waals surface area contributed by atoms with Crippen LogP contribution in [0.15, 0.2) is 48.5 Å². The number of benzene rings is 2. The Hall–Kier alpha value is -3.26. The quantitative estimate of drug-likeness (QED) is 0.494. The molecule has 1 fully saturated rings. The predicted molar refractivity (Wildman–Crippen MR) is 97.4 cm³/mol. The molecule has 1 amide bonds. The molecule has 2 aliphatic rings. The first-order valence-electron chi connectivity index (χ1n) is 8.96. The molecule has 0 bridgehead atoms. The van der Waals surface area contributed by atoms with E-state index in [1.807, 2.05) is 0 Å². The molecule has 1 saturated heterocycles. The minimum absolute atomic E-state index is 0.0102. The highest BCUT2D eigenvalue weighted by Crippen LogP contribution is 2.57. The van der Waals surface area contributed by atoms with E-state index in [0.29, 0.717) is 5.56 Å². The second-order valence-corrected chi connectivity index (χ2v) is 6.79. The van der Waals surface area contributed by atoms with E-state index in [0.717, 1.165) is 4.90 Å². The number of para-hydroxylation sites is 1. The van der Waals surface area contributed by atoms with Crippen LogP contribution in [-0.2, 0) is 15.1 Å². The van der Waals surface area contributed by atoms with Crippen LogP contribution in [0.3, 0.4) is 0 Å². The number of nitro groups is 1. The van der Waals surface area contributed by atoms with Crippen LogP contribution in [0.25, 0.3) is 0 Å².